The summed E-state index contributed by atoms with van der Waals surface area (Å²) in [7, 11) is -3.17. The molecule has 0 aromatic heterocycles. The van der Waals surface area contributed by atoms with Crippen LogP contribution in [0, 0.1) is 0 Å². The summed E-state index contributed by atoms with van der Waals surface area (Å²) < 4.78 is 25.8. The van der Waals surface area contributed by atoms with Crippen molar-refractivity contribution in [2.24, 2.45) is 4.99 Å². The largest absolute Gasteiger partial charge is 0.468 e. The maximum atomic E-state index is 10.6. The highest BCUT2D eigenvalue weighted by Crippen LogP contribution is 1.99. The van der Waals surface area contributed by atoms with E-state index in [-0.39, 0.29) is 5.23 Å². The van der Waals surface area contributed by atoms with Gasteiger partial charge in [0.2, 0.25) is 9.84 Å². The first-order valence-corrected chi connectivity index (χ1v) is 4.37. The van der Waals surface area contributed by atoms with Crippen molar-refractivity contribution in [2.75, 3.05) is 19.4 Å². The fraction of sp³-hybridized carbons (Fsp3) is 0.750. The molecule has 5 heteroatoms. The first-order valence-electron chi connectivity index (χ1n) is 2.48. The van der Waals surface area contributed by atoms with Gasteiger partial charge in [0.1, 0.15) is 6.61 Å². The Labute approximate surface area is 53.5 Å². The van der Waals surface area contributed by atoms with Crippen LogP contribution in [0.25, 0.3) is 0 Å². The quantitative estimate of drug-likeness (QED) is 0.463. The summed E-state index contributed by atoms with van der Waals surface area (Å²) in [5, 5.41) is -0.123. The van der Waals surface area contributed by atoms with Crippen molar-refractivity contribution in [1.82, 2.24) is 0 Å². The Morgan fingerprint density at radius 3 is 2.56 bits per heavy atom. The zero-order chi connectivity index (χ0) is 6.91. The number of rotatable bonds is 0. The van der Waals surface area contributed by atoms with Gasteiger partial charge in [-0.2, -0.15) is 0 Å². The molecule has 0 aromatic rings. The highest BCUT2D eigenvalue weighted by atomic mass is 32.2. The Morgan fingerprint density at radius 2 is 2.33 bits per heavy atom. The number of ether oxygens (including phenoxy) is 1. The minimum atomic E-state index is -3.17. The van der Waals surface area contributed by atoms with E-state index in [1.165, 1.54) is 0 Å². The van der Waals surface area contributed by atoms with Crippen molar-refractivity contribution < 1.29 is 13.2 Å². The summed E-state index contributed by atoms with van der Waals surface area (Å²) in [6.07, 6.45) is 1.08. The van der Waals surface area contributed by atoms with Gasteiger partial charge >= 0.3 is 5.23 Å². The molecule has 4 nitrogen and oxygen atoms in total. The first-order chi connectivity index (χ1) is 4.11. The van der Waals surface area contributed by atoms with Crippen molar-refractivity contribution in [3.63, 3.8) is 0 Å². The molecular weight excluding hydrogens is 142 g/mol. The molecule has 1 heterocycles. The normalized spacial score (nSPS) is 19.0. The van der Waals surface area contributed by atoms with Crippen molar-refractivity contribution in [1.29, 1.82) is 0 Å². The Kier molecular flexibility index (Phi) is 1.44. The highest BCUT2D eigenvalue weighted by molar-refractivity contribution is 8.05. The maximum absolute atomic E-state index is 10.6. The van der Waals surface area contributed by atoms with Gasteiger partial charge in [0.15, 0.2) is 0 Å². The molecule has 1 aliphatic rings. The number of aliphatic imine (C=N–C) groups is 1. The second-order valence-electron chi connectivity index (χ2n) is 1.77. The molecule has 0 aromatic carbocycles. The van der Waals surface area contributed by atoms with E-state index in [1.54, 1.807) is 0 Å². The summed E-state index contributed by atoms with van der Waals surface area (Å²) in [5.74, 6) is 0. The van der Waals surface area contributed by atoms with Crippen LogP contribution in [0.3, 0.4) is 0 Å². The molecule has 0 atom stereocenters. The minimum Gasteiger partial charge on any atom is -0.468 e. The molecule has 52 valence electrons. The maximum Gasteiger partial charge on any atom is 0.305 e. The monoisotopic (exact) mass is 149 g/mol. The topological polar surface area (TPSA) is 55.7 Å². The molecule has 9 heavy (non-hydrogen) atoms. The van der Waals surface area contributed by atoms with Crippen molar-refractivity contribution in [2.45, 2.75) is 0 Å². The molecule has 0 fully saturated rings. The third kappa shape index (κ3) is 1.41. The molecule has 1 rings (SSSR count). The lowest BCUT2D eigenvalue weighted by Crippen LogP contribution is -2.12. The van der Waals surface area contributed by atoms with Crippen molar-refractivity contribution in [3.05, 3.63) is 0 Å². The van der Waals surface area contributed by atoms with Crippen LogP contribution in [0.2, 0.25) is 0 Å². The van der Waals surface area contributed by atoms with Gasteiger partial charge < -0.3 is 4.74 Å². The van der Waals surface area contributed by atoms with E-state index in [1.807, 2.05) is 0 Å². The summed E-state index contributed by atoms with van der Waals surface area (Å²) in [6.45, 7) is 0.852. The lowest BCUT2D eigenvalue weighted by molar-refractivity contribution is 0.353. The molecule has 0 radical (unpaired) electrons. The summed E-state index contributed by atoms with van der Waals surface area (Å²) in [4.78, 5) is 3.61. The van der Waals surface area contributed by atoms with Crippen LogP contribution in [0.15, 0.2) is 4.99 Å². The fourth-order valence-electron chi connectivity index (χ4n) is 0.540. The van der Waals surface area contributed by atoms with Gasteiger partial charge in [-0.15, -0.1) is 0 Å². The Morgan fingerprint density at radius 1 is 1.67 bits per heavy atom. The van der Waals surface area contributed by atoms with Gasteiger partial charge in [-0.1, -0.05) is 0 Å². The van der Waals surface area contributed by atoms with Crippen LogP contribution in [-0.4, -0.2) is 33.1 Å². The van der Waals surface area contributed by atoms with E-state index in [0.717, 1.165) is 6.26 Å². The molecule has 1 aliphatic heterocycles. The van der Waals surface area contributed by atoms with Crippen LogP contribution >= 0.6 is 0 Å². The van der Waals surface area contributed by atoms with Gasteiger partial charge in [0.05, 0.1) is 6.54 Å². The fourth-order valence-corrected chi connectivity index (χ4v) is 1.16. The average Bonchev–Trinajstić information content (AvgIpc) is 2.08. The van der Waals surface area contributed by atoms with E-state index < -0.39 is 9.84 Å². The van der Waals surface area contributed by atoms with Crippen LogP contribution < -0.4 is 0 Å². The van der Waals surface area contributed by atoms with Gasteiger partial charge in [0, 0.05) is 6.26 Å². The molecule has 0 saturated carbocycles. The molecule has 0 saturated heterocycles. The Balaban J connectivity index is 2.87. The van der Waals surface area contributed by atoms with Gasteiger partial charge in [-0.3, -0.25) is 0 Å². The van der Waals surface area contributed by atoms with Gasteiger partial charge in [-0.05, 0) is 0 Å². The molecule has 0 aliphatic carbocycles. The number of hydrogen-bond acceptors (Lipinski definition) is 4. The highest BCUT2D eigenvalue weighted by Gasteiger charge is 2.18. The summed E-state index contributed by atoms with van der Waals surface area (Å²) in [6, 6.07) is 0. The van der Waals surface area contributed by atoms with E-state index in [0.29, 0.717) is 13.2 Å². The van der Waals surface area contributed by atoms with E-state index in [4.69, 9.17) is 0 Å². The predicted molar refractivity (Wildman–Crippen MR) is 33.1 cm³/mol. The lowest BCUT2D eigenvalue weighted by Gasteiger charge is -1.94. The zero-order valence-electron chi connectivity index (χ0n) is 4.99. The third-order valence-electron chi connectivity index (χ3n) is 0.875. The zero-order valence-corrected chi connectivity index (χ0v) is 5.81. The van der Waals surface area contributed by atoms with E-state index in [2.05, 4.69) is 9.73 Å². The van der Waals surface area contributed by atoms with Crippen molar-refractivity contribution >= 4 is 15.1 Å². The van der Waals surface area contributed by atoms with Crippen LogP contribution in [0.1, 0.15) is 0 Å². The molecule has 0 spiro atoms. The average molecular weight is 149 g/mol. The van der Waals surface area contributed by atoms with Crippen LogP contribution in [0.5, 0.6) is 0 Å². The second-order valence-corrected chi connectivity index (χ2v) is 3.66. The molecule has 0 amide bonds. The molecule has 0 unspecified atom stereocenters. The number of hydrogen-bond donors (Lipinski definition) is 0. The second kappa shape index (κ2) is 1.98. The van der Waals surface area contributed by atoms with E-state index >= 15 is 0 Å². The van der Waals surface area contributed by atoms with Crippen LogP contribution in [-0.2, 0) is 14.6 Å². The van der Waals surface area contributed by atoms with E-state index in [9.17, 15) is 8.42 Å². The lowest BCUT2D eigenvalue weighted by atomic mass is 10.8. The predicted octanol–water partition coefficient (Wildman–Crippen LogP) is -0.583. The van der Waals surface area contributed by atoms with Crippen LogP contribution in [0.4, 0.5) is 0 Å². The molecular formula is C4H7NO3S. The molecule has 0 bridgehead atoms. The summed E-state index contributed by atoms with van der Waals surface area (Å²) >= 11 is 0. The third-order valence-corrected chi connectivity index (χ3v) is 1.76. The Hall–Kier alpha value is -0.580. The van der Waals surface area contributed by atoms with Crippen molar-refractivity contribution in [3.8, 4) is 0 Å². The van der Waals surface area contributed by atoms with Gasteiger partial charge in [0.25, 0.3) is 0 Å². The first kappa shape index (κ1) is 6.54. The number of nitrogens with zero attached hydrogens (tertiary/aromatic N) is 1. The standard InChI is InChI=1S/C4H7NO3S/c1-9(6,7)4-5-2-3-8-4/h2-3H2,1H3. The summed E-state index contributed by atoms with van der Waals surface area (Å²) in [5.41, 5.74) is 0. The smallest absolute Gasteiger partial charge is 0.305 e. The Bertz CT molecular complexity index is 228. The SMILES string of the molecule is CS(=O)(=O)C1=NCCO1. The minimum absolute atomic E-state index is 0.123. The molecule has 0 N–H and O–H groups in total. The number of sulfone groups is 1. The van der Waals surface area contributed by atoms with Gasteiger partial charge in [-0.25, -0.2) is 13.4 Å².